The fraction of sp³-hybridized carbons (Fsp3) is 0.462. The van der Waals surface area contributed by atoms with Gasteiger partial charge in [0.25, 0.3) is 0 Å². The number of carbonyl (C=O) groups excluding carboxylic acids is 2. The van der Waals surface area contributed by atoms with E-state index in [1.54, 1.807) is 0 Å². The molecule has 32 heavy (non-hydrogen) atoms. The predicted octanol–water partition coefficient (Wildman–Crippen LogP) is 4.12. The summed E-state index contributed by atoms with van der Waals surface area (Å²) in [6, 6.07) is 17.0. The molecule has 0 radical (unpaired) electrons. The Balaban J connectivity index is 1.11. The number of hydrogen-bond donors (Lipinski definition) is 1. The molecule has 3 aliphatic rings. The molecule has 3 heterocycles. The molecule has 5 rings (SSSR count). The van der Waals surface area contributed by atoms with Crippen LogP contribution in [0.25, 0.3) is 0 Å². The molecule has 3 aliphatic heterocycles. The van der Waals surface area contributed by atoms with Crippen LogP contribution in [0.2, 0.25) is 0 Å². The van der Waals surface area contributed by atoms with Crippen molar-refractivity contribution in [3.8, 4) is 0 Å². The van der Waals surface area contributed by atoms with Gasteiger partial charge in [-0.2, -0.15) is 0 Å². The van der Waals surface area contributed by atoms with E-state index in [4.69, 9.17) is 0 Å². The number of rotatable bonds is 4. The Bertz CT molecular complexity index is 960. The third-order valence-corrected chi connectivity index (χ3v) is 7.09. The number of likely N-dealkylation sites (tertiary alicyclic amines) is 2. The summed E-state index contributed by atoms with van der Waals surface area (Å²) in [6.07, 6.45) is 4.78. The molecule has 168 valence electrons. The first-order valence-corrected chi connectivity index (χ1v) is 11.9. The third kappa shape index (κ3) is 4.45. The monoisotopic (exact) mass is 432 g/mol. The molecule has 6 nitrogen and oxygen atoms in total. The number of amides is 3. The molecular weight excluding hydrogens is 400 g/mol. The largest absolute Gasteiger partial charge is 0.367 e. The van der Waals surface area contributed by atoms with Crippen molar-refractivity contribution in [2.75, 3.05) is 42.9 Å². The smallest absolute Gasteiger partial charge is 0.319 e. The molecule has 2 fully saturated rings. The number of urea groups is 1. The summed E-state index contributed by atoms with van der Waals surface area (Å²) in [5.74, 6) is 0.0397. The quantitative estimate of drug-likeness (QED) is 0.791. The molecule has 0 aromatic heterocycles. The first-order valence-electron chi connectivity index (χ1n) is 11.9. The van der Waals surface area contributed by atoms with Crippen molar-refractivity contribution in [2.24, 2.45) is 5.92 Å². The Morgan fingerprint density at radius 2 is 1.53 bits per heavy atom. The van der Waals surface area contributed by atoms with Gasteiger partial charge in [-0.1, -0.05) is 30.3 Å². The average Bonchev–Trinajstić information content (AvgIpc) is 3.51. The molecule has 0 saturated carbocycles. The van der Waals surface area contributed by atoms with E-state index >= 15 is 0 Å². The number of hydrogen-bond acceptors (Lipinski definition) is 3. The van der Waals surface area contributed by atoms with Crippen molar-refractivity contribution in [1.82, 2.24) is 9.80 Å². The minimum Gasteiger partial charge on any atom is -0.367 e. The standard InChI is InChI=1S/C26H32N4O2/c31-25(22-12-16-29(17-13-22)26(32)28-14-3-4-15-28)27-23-9-7-20(8-10-23)19-30-18-11-21-5-1-2-6-24(21)30/h1-2,5-10,22H,3-4,11-19H2,(H,27,31). The third-order valence-electron chi connectivity index (χ3n) is 7.09. The van der Waals surface area contributed by atoms with Crippen LogP contribution in [0.15, 0.2) is 48.5 Å². The highest BCUT2D eigenvalue weighted by Crippen LogP contribution is 2.29. The highest BCUT2D eigenvalue weighted by atomic mass is 16.2. The number of benzene rings is 2. The van der Waals surface area contributed by atoms with Crippen LogP contribution < -0.4 is 10.2 Å². The van der Waals surface area contributed by atoms with Gasteiger partial charge in [0.15, 0.2) is 0 Å². The van der Waals surface area contributed by atoms with E-state index in [9.17, 15) is 9.59 Å². The van der Waals surface area contributed by atoms with Crippen LogP contribution >= 0.6 is 0 Å². The van der Waals surface area contributed by atoms with Crippen molar-refractivity contribution < 1.29 is 9.59 Å². The molecule has 2 saturated heterocycles. The lowest BCUT2D eigenvalue weighted by Crippen LogP contribution is -2.47. The van der Waals surface area contributed by atoms with Crippen LogP contribution in [0.1, 0.15) is 36.8 Å². The van der Waals surface area contributed by atoms with E-state index in [1.165, 1.54) is 16.8 Å². The molecule has 0 atom stereocenters. The van der Waals surface area contributed by atoms with Crippen LogP contribution in [0.5, 0.6) is 0 Å². The number of piperidine rings is 1. The maximum Gasteiger partial charge on any atom is 0.319 e. The van der Waals surface area contributed by atoms with Crippen LogP contribution in [0.3, 0.4) is 0 Å². The lowest BCUT2D eigenvalue weighted by molar-refractivity contribution is -0.121. The molecule has 3 amide bonds. The minimum absolute atomic E-state index is 0.0293. The molecule has 0 spiro atoms. The Morgan fingerprint density at radius 1 is 0.844 bits per heavy atom. The van der Waals surface area contributed by atoms with Crippen molar-refractivity contribution in [1.29, 1.82) is 0 Å². The molecule has 6 heteroatoms. The number of nitrogens with zero attached hydrogens (tertiary/aromatic N) is 3. The zero-order valence-corrected chi connectivity index (χ0v) is 18.6. The van der Waals surface area contributed by atoms with Gasteiger partial charge < -0.3 is 20.0 Å². The second-order valence-electron chi connectivity index (χ2n) is 9.22. The topological polar surface area (TPSA) is 55.9 Å². The van der Waals surface area contributed by atoms with Crippen LogP contribution in [-0.2, 0) is 17.8 Å². The van der Waals surface area contributed by atoms with E-state index in [0.29, 0.717) is 13.1 Å². The first kappa shape index (κ1) is 20.9. The van der Waals surface area contributed by atoms with Gasteiger partial charge in [-0.05, 0) is 61.4 Å². The number of nitrogens with one attached hydrogen (secondary N) is 1. The fourth-order valence-electron chi connectivity index (χ4n) is 5.17. The number of carbonyl (C=O) groups is 2. The van der Waals surface area contributed by atoms with Crippen molar-refractivity contribution in [3.63, 3.8) is 0 Å². The summed E-state index contributed by atoms with van der Waals surface area (Å²) in [6.45, 7) is 5.03. The zero-order chi connectivity index (χ0) is 21.9. The van der Waals surface area contributed by atoms with Crippen LogP contribution in [0.4, 0.5) is 16.2 Å². The maximum atomic E-state index is 12.8. The highest BCUT2D eigenvalue weighted by Gasteiger charge is 2.30. The molecule has 0 unspecified atom stereocenters. The molecule has 2 aromatic carbocycles. The average molecular weight is 433 g/mol. The van der Waals surface area contributed by atoms with E-state index in [0.717, 1.165) is 64.0 Å². The lowest BCUT2D eigenvalue weighted by Gasteiger charge is -2.34. The number of fused-ring (bicyclic) bond motifs is 1. The van der Waals surface area contributed by atoms with E-state index in [2.05, 4.69) is 46.6 Å². The summed E-state index contributed by atoms with van der Waals surface area (Å²) < 4.78 is 0. The molecule has 1 N–H and O–H groups in total. The van der Waals surface area contributed by atoms with Gasteiger partial charge in [0, 0.05) is 56.6 Å². The van der Waals surface area contributed by atoms with Gasteiger partial charge in [0.05, 0.1) is 0 Å². The van der Waals surface area contributed by atoms with Gasteiger partial charge in [0.1, 0.15) is 0 Å². The molecular formula is C26H32N4O2. The first-order chi connectivity index (χ1) is 15.7. The van der Waals surface area contributed by atoms with Crippen molar-refractivity contribution >= 4 is 23.3 Å². The summed E-state index contributed by atoms with van der Waals surface area (Å²) in [5.41, 5.74) is 4.84. The van der Waals surface area contributed by atoms with E-state index < -0.39 is 0 Å². The Kier molecular flexibility index (Phi) is 6.02. The van der Waals surface area contributed by atoms with E-state index in [-0.39, 0.29) is 17.9 Å². The predicted molar refractivity (Wildman–Crippen MR) is 127 cm³/mol. The van der Waals surface area contributed by atoms with Crippen molar-refractivity contribution in [2.45, 2.75) is 38.6 Å². The Morgan fingerprint density at radius 3 is 2.28 bits per heavy atom. The summed E-state index contributed by atoms with van der Waals surface area (Å²) >= 11 is 0. The van der Waals surface area contributed by atoms with Crippen LogP contribution in [-0.4, -0.2) is 54.5 Å². The summed E-state index contributed by atoms with van der Waals surface area (Å²) in [7, 11) is 0. The second kappa shape index (κ2) is 9.23. The van der Waals surface area contributed by atoms with Gasteiger partial charge >= 0.3 is 6.03 Å². The SMILES string of the molecule is O=C(Nc1ccc(CN2CCc3ccccc32)cc1)C1CCN(C(=O)N2CCCC2)CC1. The Hall–Kier alpha value is -3.02. The normalized spacial score (nSPS) is 18.7. The maximum absolute atomic E-state index is 12.8. The second-order valence-corrected chi connectivity index (χ2v) is 9.22. The molecule has 0 aliphatic carbocycles. The summed E-state index contributed by atoms with van der Waals surface area (Å²) in [5, 5.41) is 3.08. The molecule has 2 aromatic rings. The number of para-hydroxylation sites is 1. The zero-order valence-electron chi connectivity index (χ0n) is 18.6. The number of anilines is 2. The van der Waals surface area contributed by atoms with Gasteiger partial charge in [-0.3, -0.25) is 4.79 Å². The Labute approximate surface area is 190 Å². The van der Waals surface area contributed by atoms with Gasteiger partial charge in [-0.25, -0.2) is 4.79 Å². The van der Waals surface area contributed by atoms with Gasteiger partial charge in [-0.15, -0.1) is 0 Å². The van der Waals surface area contributed by atoms with E-state index in [1.807, 2.05) is 21.9 Å². The summed E-state index contributed by atoms with van der Waals surface area (Å²) in [4.78, 5) is 31.6. The highest BCUT2D eigenvalue weighted by molar-refractivity contribution is 5.92. The van der Waals surface area contributed by atoms with Crippen molar-refractivity contribution in [3.05, 3.63) is 59.7 Å². The molecule has 0 bridgehead atoms. The fourth-order valence-corrected chi connectivity index (χ4v) is 5.17. The van der Waals surface area contributed by atoms with Crippen LogP contribution in [0, 0.1) is 5.92 Å². The minimum atomic E-state index is -0.0293. The van der Waals surface area contributed by atoms with Gasteiger partial charge in [0.2, 0.25) is 5.91 Å². The lowest BCUT2D eigenvalue weighted by atomic mass is 9.96.